The fourth-order valence-electron chi connectivity index (χ4n) is 1.22. The molecule has 0 aromatic heterocycles. The maximum absolute atomic E-state index is 5.08. The van der Waals surface area contributed by atoms with Gasteiger partial charge in [-0.3, -0.25) is 0 Å². The third-order valence-corrected chi connectivity index (χ3v) is 2.01. The van der Waals surface area contributed by atoms with E-state index in [1.54, 1.807) is 0 Å². The summed E-state index contributed by atoms with van der Waals surface area (Å²) in [6, 6.07) is 6.44. The van der Waals surface area contributed by atoms with E-state index in [0.29, 0.717) is 6.61 Å². The van der Waals surface area contributed by atoms with Gasteiger partial charge in [-0.05, 0) is 31.9 Å². The van der Waals surface area contributed by atoms with Crippen LogP contribution in [0.5, 0.6) is 0 Å². The van der Waals surface area contributed by atoms with Gasteiger partial charge in [0.15, 0.2) is 0 Å². The smallest absolute Gasteiger partial charge is 0.0654 e. The molecule has 1 aromatic carbocycles. The van der Waals surface area contributed by atoms with Crippen molar-refractivity contribution in [2.45, 2.75) is 27.3 Å². The molecule has 2 nitrogen and oxygen atoms in total. The molecule has 0 unspecified atom stereocenters. The monoisotopic (exact) mass is 179 g/mol. The Labute approximate surface area is 79.9 Å². The van der Waals surface area contributed by atoms with Gasteiger partial charge in [0.05, 0.1) is 6.61 Å². The first-order valence-corrected chi connectivity index (χ1v) is 4.65. The molecule has 0 spiro atoms. The molecular weight excluding hydrogens is 162 g/mol. The minimum atomic E-state index is 0.699. The van der Waals surface area contributed by atoms with Crippen molar-refractivity contribution in [2.75, 3.05) is 6.61 Å². The van der Waals surface area contributed by atoms with Crippen LogP contribution in [0.15, 0.2) is 18.2 Å². The van der Waals surface area contributed by atoms with Crippen LogP contribution < -0.4 is 5.48 Å². The van der Waals surface area contributed by atoms with Crippen molar-refractivity contribution in [1.82, 2.24) is 5.48 Å². The molecule has 0 aliphatic heterocycles. The molecule has 0 saturated heterocycles. The number of benzene rings is 1. The van der Waals surface area contributed by atoms with Crippen LogP contribution >= 0.6 is 0 Å². The summed E-state index contributed by atoms with van der Waals surface area (Å²) in [5.41, 5.74) is 6.81. The van der Waals surface area contributed by atoms with E-state index in [4.69, 9.17) is 4.84 Å². The van der Waals surface area contributed by atoms with E-state index in [0.717, 1.165) is 6.54 Å². The van der Waals surface area contributed by atoms with Gasteiger partial charge >= 0.3 is 0 Å². The van der Waals surface area contributed by atoms with Crippen molar-refractivity contribution in [1.29, 1.82) is 0 Å². The molecule has 72 valence electrons. The van der Waals surface area contributed by atoms with Crippen molar-refractivity contribution in [2.24, 2.45) is 0 Å². The summed E-state index contributed by atoms with van der Waals surface area (Å²) in [4.78, 5) is 5.08. The van der Waals surface area contributed by atoms with Crippen molar-refractivity contribution < 1.29 is 4.84 Å². The SMILES string of the molecule is CCONCc1cc(C)ccc1C. The predicted octanol–water partition coefficient (Wildman–Crippen LogP) is 2.34. The van der Waals surface area contributed by atoms with E-state index < -0.39 is 0 Å². The van der Waals surface area contributed by atoms with E-state index in [2.05, 4.69) is 37.5 Å². The molecule has 0 amide bonds. The number of rotatable bonds is 4. The zero-order valence-electron chi connectivity index (χ0n) is 8.55. The Hall–Kier alpha value is -0.860. The summed E-state index contributed by atoms with van der Waals surface area (Å²) in [5.74, 6) is 0. The Morgan fingerprint density at radius 1 is 1.31 bits per heavy atom. The summed E-state index contributed by atoms with van der Waals surface area (Å²) in [5, 5.41) is 0. The van der Waals surface area contributed by atoms with Gasteiger partial charge < -0.3 is 4.84 Å². The van der Waals surface area contributed by atoms with Gasteiger partial charge in [-0.25, -0.2) is 0 Å². The second kappa shape index (κ2) is 5.00. The summed E-state index contributed by atoms with van der Waals surface area (Å²) < 4.78 is 0. The molecule has 0 atom stereocenters. The summed E-state index contributed by atoms with van der Waals surface area (Å²) in [7, 11) is 0. The number of aryl methyl sites for hydroxylation is 2. The number of hydrogen-bond donors (Lipinski definition) is 1. The molecule has 1 aromatic rings. The molecule has 0 saturated carbocycles. The molecule has 0 radical (unpaired) electrons. The molecule has 0 bridgehead atoms. The third kappa shape index (κ3) is 3.17. The summed E-state index contributed by atoms with van der Waals surface area (Å²) in [6.07, 6.45) is 0. The molecule has 2 heteroatoms. The highest BCUT2D eigenvalue weighted by molar-refractivity contribution is 5.30. The molecule has 0 aliphatic carbocycles. The van der Waals surface area contributed by atoms with Gasteiger partial charge in [0.25, 0.3) is 0 Å². The first-order chi connectivity index (χ1) is 6.24. The molecular formula is C11H17NO. The zero-order valence-corrected chi connectivity index (χ0v) is 8.55. The average Bonchev–Trinajstić information content (AvgIpc) is 2.11. The van der Waals surface area contributed by atoms with Crippen molar-refractivity contribution in [3.63, 3.8) is 0 Å². The van der Waals surface area contributed by atoms with Gasteiger partial charge in [0.2, 0.25) is 0 Å². The Balaban J connectivity index is 2.59. The quantitative estimate of drug-likeness (QED) is 0.566. The maximum atomic E-state index is 5.08. The highest BCUT2D eigenvalue weighted by Crippen LogP contribution is 2.09. The van der Waals surface area contributed by atoms with Gasteiger partial charge in [-0.2, -0.15) is 5.48 Å². The van der Waals surface area contributed by atoms with Gasteiger partial charge in [-0.15, -0.1) is 0 Å². The summed E-state index contributed by atoms with van der Waals surface area (Å²) in [6.45, 7) is 7.66. The van der Waals surface area contributed by atoms with Crippen molar-refractivity contribution in [3.8, 4) is 0 Å². The second-order valence-electron chi connectivity index (χ2n) is 3.18. The van der Waals surface area contributed by atoms with Crippen LogP contribution in [0.1, 0.15) is 23.6 Å². The minimum Gasteiger partial charge on any atom is -0.302 e. The molecule has 0 aliphatic rings. The molecule has 1 rings (SSSR count). The number of nitrogens with one attached hydrogen (secondary N) is 1. The van der Waals surface area contributed by atoms with E-state index in [1.165, 1.54) is 16.7 Å². The van der Waals surface area contributed by atoms with Crippen LogP contribution in [-0.4, -0.2) is 6.61 Å². The minimum absolute atomic E-state index is 0.699. The van der Waals surface area contributed by atoms with Crippen molar-refractivity contribution in [3.05, 3.63) is 34.9 Å². The second-order valence-corrected chi connectivity index (χ2v) is 3.18. The lowest BCUT2D eigenvalue weighted by molar-refractivity contribution is 0.0462. The van der Waals surface area contributed by atoms with Gasteiger partial charge in [0, 0.05) is 6.54 Å². The first kappa shape index (κ1) is 10.2. The normalized spacial score (nSPS) is 10.4. The molecule has 0 fully saturated rings. The van der Waals surface area contributed by atoms with Crippen molar-refractivity contribution >= 4 is 0 Å². The predicted molar refractivity (Wildman–Crippen MR) is 54.4 cm³/mol. The van der Waals surface area contributed by atoms with Crippen LogP contribution in [0.4, 0.5) is 0 Å². The summed E-state index contributed by atoms with van der Waals surface area (Å²) >= 11 is 0. The Morgan fingerprint density at radius 2 is 2.08 bits per heavy atom. The highest BCUT2D eigenvalue weighted by Gasteiger charge is 1.97. The Bertz CT molecular complexity index is 271. The number of hydrogen-bond acceptors (Lipinski definition) is 2. The van der Waals surface area contributed by atoms with Crippen LogP contribution in [0, 0.1) is 13.8 Å². The average molecular weight is 179 g/mol. The number of hydroxylamine groups is 1. The van der Waals surface area contributed by atoms with Crippen LogP contribution in [0.3, 0.4) is 0 Å². The van der Waals surface area contributed by atoms with Gasteiger partial charge in [0.1, 0.15) is 0 Å². The largest absolute Gasteiger partial charge is 0.302 e. The fraction of sp³-hybridized carbons (Fsp3) is 0.455. The molecule has 0 heterocycles. The third-order valence-electron chi connectivity index (χ3n) is 2.01. The Kier molecular flexibility index (Phi) is 3.93. The van der Waals surface area contributed by atoms with E-state index in [-0.39, 0.29) is 0 Å². The lowest BCUT2D eigenvalue weighted by Crippen LogP contribution is -2.14. The zero-order chi connectivity index (χ0) is 9.68. The van der Waals surface area contributed by atoms with Crippen LogP contribution in [-0.2, 0) is 11.4 Å². The maximum Gasteiger partial charge on any atom is 0.0654 e. The van der Waals surface area contributed by atoms with Crippen LogP contribution in [0.25, 0.3) is 0 Å². The Morgan fingerprint density at radius 3 is 2.77 bits per heavy atom. The van der Waals surface area contributed by atoms with Crippen LogP contribution in [0.2, 0.25) is 0 Å². The topological polar surface area (TPSA) is 21.3 Å². The van der Waals surface area contributed by atoms with E-state index in [9.17, 15) is 0 Å². The highest BCUT2D eigenvalue weighted by atomic mass is 16.6. The fourth-order valence-corrected chi connectivity index (χ4v) is 1.22. The van der Waals surface area contributed by atoms with E-state index >= 15 is 0 Å². The lowest BCUT2D eigenvalue weighted by atomic mass is 10.1. The van der Waals surface area contributed by atoms with E-state index in [1.807, 2.05) is 6.92 Å². The first-order valence-electron chi connectivity index (χ1n) is 4.65. The standard InChI is InChI=1S/C11H17NO/c1-4-13-12-8-11-7-9(2)5-6-10(11)3/h5-7,12H,4,8H2,1-3H3. The lowest BCUT2D eigenvalue weighted by Gasteiger charge is -2.07. The molecule has 1 N–H and O–H groups in total. The van der Waals surface area contributed by atoms with Gasteiger partial charge in [-0.1, -0.05) is 23.8 Å². The molecule has 13 heavy (non-hydrogen) atoms.